The summed E-state index contributed by atoms with van der Waals surface area (Å²) in [6.07, 6.45) is 1.49. The first-order chi connectivity index (χ1) is 8.05. The highest BCUT2D eigenvalue weighted by molar-refractivity contribution is 5.85. The minimum atomic E-state index is -1.98. The monoisotopic (exact) mass is 234 g/mol. The molecule has 0 aliphatic carbocycles. The zero-order valence-electron chi connectivity index (χ0n) is 9.06. The van der Waals surface area contributed by atoms with Gasteiger partial charge >= 0.3 is 0 Å². The smallest absolute Gasteiger partial charge is 0.257 e. The molecule has 88 valence electrons. The number of carbonyl (C=O) groups is 1. The second-order valence-electron chi connectivity index (χ2n) is 4.02. The summed E-state index contributed by atoms with van der Waals surface area (Å²) in [5.74, 6) is -0.390. The topological polar surface area (TPSA) is 83.0 Å². The first kappa shape index (κ1) is 11.3. The second kappa shape index (κ2) is 4.01. The third-order valence-electron chi connectivity index (χ3n) is 2.86. The van der Waals surface area contributed by atoms with Crippen molar-refractivity contribution >= 4 is 11.7 Å². The van der Waals surface area contributed by atoms with Gasteiger partial charge in [0.25, 0.3) is 5.91 Å². The molecule has 1 unspecified atom stereocenters. The van der Waals surface area contributed by atoms with Gasteiger partial charge in [0, 0.05) is 19.2 Å². The highest BCUT2D eigenvalue weighted by Crippen LogP contribution is 2.28. The number of alkyl halides is 1. The van der Waals surface area contributed by atoms with Crippen molar-refractivity contribution in [2.75, 3.05) is 18.0 Å². The minimum absolute atomic E-state index is 0.0734. The number of rotatable bonds is 2. The van der Waals surface area contributed by atoms with Gasteiger partial charge in [-0.25, -0.2) is 9.37 Å². The fourth-order valence-electron chi connectivity index (χ4n) is 1.81. The molecule has 1 aromatic heterocycles. The van der Waals surface area contributed by atoms with E-state index < -0.39 is 11.6 Å². The van der Waals surface area contributed by atoms with E-state index in [4.69, 9.17) is 11.0 Å². The van der Waals surface area contributed by atoms with Gasteiger partial charge in [0.05, 0.1) is 12.1 Å². The van der Waals surface area contributed by atoms with Gasteiger partial charge < -0.3 is 10.6 Å². The van der Waals surface area contributed by atoms with Crippen LogP contribution in [0.4, 0.5) is 10.2 Å². The molecule has 5 nitrogen and oxygen atoms in total. The molecule has 0 saturated carbocycles. The number of primary amides is 1. The lowest BCUT2D eigenvalue weighted by Crippen LogP contribution is -2.42. The van der Waals surface area contributed by atoms with Crippen LogP contribution in [-0.4, -0.2) is 29.6 Å². The normalized spacial score (nSPS) is 23.4. The molecular weight excluding hydrogens is 223 g/mol. The van der Waals surface area contributed by atoms with Crippen LogP contribution >= 0.6 is 0 Å². The van der Waals surface area contributed by atoms with Gasteiger partial charge in [0.1, 0.15) is 11.9 Å². The van der Waals surface area contributed by atoms with Gasteiger partial charge in [0.2, 0.25) is 5.67 Å². The van der Waals surface area contributed by atoms with Crippen LogP contribution in [0.1, 0.15) is 12.0 Å². The molecule has 1 aromatic rings. The summed E-state index contributed by atoms with van der Waals surface area (Å²) in [4.78, 5) is 16.6. The van der Waals surface area contributed by atoms with Crippen molar-refractivity contribution in [3.8, 4) is 6.07 Å². The number of hydrogen-bond acceptors (Lipinski definition) is 4. The van der Waals surface area contributed by atoms with Crippen molar-refractivity contribution in [3.05, 3.63) is 23.9 Å². The van der Waals surface area contributed by atoms with Crippen LogP contribution in [-0.2, 0) is 4.79 Å². The van der Waals surface area contributed by atoms with E-state index in [0.717, 1.165) is 0 Å². The molecule has 1 saturated heterocycles. The third-order valence-corrected chi connectivity index (χ3v) is 2.86. The molecule has 0 radical (unpaired) electrons. The lowest BCUT2D eigenvalue weighted by Gasteiger charge is -2.18. The fourth-order valence-corrected chi connectivity index (χ4v) is 1.81. The number of halogens is 1. The summed E-state index contributed by atoms with van der Waals surface area (Å²) in [5, 5.41) is 8.62. The van der Waals surface area contributed by atoms with Gasteiger partial charge in [0.15, 0.2) is 0 Å². The zero-order chi connectivity index (χ0) is 12.5. The van der Waals surface area contributed by atoms with Crippen molar-refractivity contribution in [1.82, 2.24) is 4.98 Å². The SMILES string of the molecule is N#Cc1ccc(N2CCC(F)(C(N)=O)C2)nc1. The maximum Gasteiger partial charge on any atom is 0.257 e. The Labute approximate surface area is 97.7 Å². The molecule has 1 aliphatic heterocycles. The molecule has 1 aliphatic rings. The molecule has 2 N–H and O–H groups in total. The van der Waals surface area contributed by atoms with Crippen molar-refractivity contribution < 1.29 is 9.18 Å². The quantitative estimate of drug-likeness (QED) is 0.800. The summed E-state index contributed by atoms with van der Waals surface area (Å²) in [6, 6.07) is 5.18. The van der Waals surface area contributed by atoms with Crippen LogP contribution in [0, 0.1) is 11.3 Å². The number of hydrogen-bond donors (Lipinski definition) is 1. The standard InChI is InChI=1S/C11H11FN4O/c12-11(10(14)17)3-4-16(7-11)9-2-1-8(5-13)6-15-9/h1-2,6H,3-4,7H2,(H2,14,17). The molecule has 2 rings (SSSR count). The van der Waals surface area contributed by atoms with Crippen molar-refractivity contribution in [2.45, 2.75) is 12.1 Å². The van der Waals surface area contributed by atoms with E-state index >= 15 is 0 Å². The van der Waals surface area contributed by atoms with E-state index in [1.165, 1.54) is 6.20 Å². The lowest BCUT2D eigenvalue weighted by atomic mass is 10.1. The van der Waals surface area contributed by atoms with E-state index in [1.54, 1.807) is 17.0 Å². The Morgan fingerprint density at radius 3 is 2.88 bits per heavy atom. The number of anilines is 1. The molecule has 2 heterocycles. The Morgan fingerprint density at radius 1 is 1.65 bits per heavy atom. The minimum Gasteiger partial charge on any atom is -0.367 e. The molecule has 6 heteroatoms. The van der Waals surface area contributed by atoms with Crippen molar-refractivity contribution in [2.24, 2.45) is 5.73 Å². The largest absolute Gasteiger partial charge is 0.367 e. The highest BCUT2D eigenvalue weighted by Gasteiger charge is 2.44. The van der Waals surface area contributed by atoms with E-state index in [-0.39, 0.29) is 13.0 Å². The van der Waals surface area contributed by atoms with Gasteiger partial charge in [-0.3, -0.25) is 4.79 Å². The second-order valence-corrected chi connectivity index (χ2v) is 4.02. The number of nitrogens with two attached hydrogens (primary N) is 1. The maximum atomic E-state index is 13.9. The van der Waals surface area contributed by atoms with Crippen LogP contribution in [0.3, 0.4) is 0 Å². The van der Waals surface area contributed by atoms with Gasteiger partial charge in [-0.1, -0.05) is 0 Å². The average molecular weight is 234 g/mol. The number of amides is 1. The van der Waals surface area contributed by atoms with Crippen LogP contribution in [0.25, 0.3) is 0 Å². The van der Waals surface area contributed by atoms with Crippen LogP contribution < -0.4 is 10.6 Å². The predicted octanol–water partition coefficient (Wildman–Crippen LogP) is 0.357. The summed E-state index contributed by atoms with van der Waals surface area (Å²) in [6.45, 7) is 0.305. The van der Waals surface area contributed by atoms with Crippen molar-refractivity contribution in [1.29, 1.82) is 5.26 Å². The van der Waals surface area contributed by atoms with E-state index in [9.17, 15) is 9.18 Å². The molecule has 1 amide bonds. The number of pyridine rings is 1. The first-order valence-electron chi connectivity index (χ1n) is 5.15. The van der Waals surface area contributed by atoms with E-state index in [0.29, 0.717) is 17.9 Å². The number of nitrogens with zero attached hydrogens (tertiary/aromatic N) is 3. The average Bonchev–Trinajstić information content (AvgIpc) is 2.74. The van der Waals surface area contributed by atoms with Crippen molar-refractivity contribution in [3.63, 3.8) is 0 Å². The lowest BCUT2D eigenvalue weighted by molar-refractivity contribution is -0.128. The fraction of sp³-hybridized carbons (Fsp3) is 0.364. The van der Waals surface area contributed by atoms with Gasteiger partial charge in [-0.05, 0) is 12.1 Å². The molecule has 17 heavy (non-hydrogen) atoms. The Balaban J connectivity index is 2.15. The Hall–Kier alpha value is -2.16. The molecular formula is C11H11FN4O. The number of nitriles is 1. The van der Waals surface area contributed by atoms with E-state index in [1.807, 2.05) is 6.07 Å². The van der Waals surface area contributed by atoms with Gasteiger partial charge in [-0.15, -0.1) is 0 Å². The number of aromatic nitrogens is 1. The van der Waals surface area contributed by atoms with Crippen LogP contribution in [0.15, 0.2) is 18.3 Å². The van der Waals surface area contributed by atoms with Crippen LogP contribution in [0.5, 0.6) is 0 Å². The van der Waals surface area contributed by atoms with E-state index in [2.05, 4.69) is 4.98 Å². The summed E-state index contributed by atoms with van der Waals surface area (Å²) in [7, 11) is 0. The summed E-state index contributed by atoms with van der Waals surface area (Å²) >= 11 is 0. The van der Waals surface area contributed by atoms with Crippen LogP contribution in [0.2, 0.25) is 0 Å². The molecule has 0 aromatic carbocycles. The number of carbonyl (C=O) groups excluding carboxylic acids is 1. The maximum absolute atomic E-state index is 13.9. The first-order valence-corrected chi connectivity index (χ1v) is 5.15. The summed E-state index contributed by atoms with van der Waals surface area (Å²) in [5.41, 5.74) is 3.48. The molecule has 0 bridgehead atoms. The van der Waals surface area contributed by atoms with Gasteiger partial charge in [-0.2, -0.15) is 5.26 Å². The molecule has 1 atom stereocenters. The zero-order valence-corrected chi connectivity index (χ0v) is 9.06. The highest BCUT2D eigenvalue weighted by atomic mass is 19.1. The Kier molecular flexibility index (Phi) is 2.68. The summed E-state index contributed by atoms with van der Waals surface area (Å²) < 4.78 is 13.9. The Morgan fingerprint density at radius 2 is 2.41 bits per heavy atom. The molecule has 1 fully saturated rings. The predicted molar refractivity (Wildman–Crippen MR) is 58.8 cm³/mol. The Bertz CT molecular complexity index is 481. The third kappa shape index (κ3) is 2.04. The molecule has 0 spiro atoms.